The van der Waals surface area contributed by atoms with Gasteiger partial charge in [-0.05, 0) is 27.2 Å². The lowest BCUT2D eigenvalue weighted by molar-refractivity contribution is -0.00807. The van der Waals surface area contributed by atoms with Crippen molar-refractivity contribution in [1.29, 1.82) is 0 Å². The highest BCUT2D eigenvalue weighted by atomic mass is 127. The third-order valence-corrected chi connectivity index (χ3v) is 4.48. The summed E-state index contributed by atoms with van der Waals surface area (Å²) < 4.78 is 13.2. The van der Waals surface area contributed by atoms with Crippen molar-refractivity contribution in [1.82, 2.24) is 24.9 Å². The quantitative estimate of drug-likeness (QED) is 0.342. The Bertz CT molecular complexity index is 688. The van der Waals surface area contributed by atoms with E-state index in [-0.39, 0.29) is 36.2 Å². The van der Waals surface area contributed by atoms with E-state index >= 15 is 0 Å². The number of halogens is 1. The van der Waals surface area contributed by atoms with E-state index < -0.39 is 5.60 Å². The van der Waals surface area contributed by atoms with E-state index in [0.29, 0.717) is 32.8 Å². The van der Waals surface area contributed by atoms with Gasteiger partial charge in [-0.3, -0.25) is 9.67 Å². The summed E-state index contributed by atoms with van der Waals surface area (Å²) >= 11 is 0. The first-order valence-corrected chi connectivity index (χ1v) is 10.3. The van der Waals surface area contributed by atoms with Gasteiger partial charge in [-0.25, -0.2) is 4.79 Å². The number of rotatable bonds is 6. The molecule has 10 heteroatoms. The molecule has 1 unspecified atom stereocenters. The van der Waals surface area contributed by atoms with E-state index in [1.165, 1.54) is 0 Å². The SMILES string of the molecule is CCCN(CCNC(=NC)N1CCOC(c2cnn(C)c2)C1)C(=O)OC(C)(C)C.I. The summed E-state index contributed by atoms with van der Waals surface area (Å²) in [6.07, 6.45) is 4.39. The molecule has 2 rings (SSSR count). The zero-order valence-corrected chi connectivity index (χ0v) is 21.4. The Hall–Kier alpha value is -1.56. The third-order valence-electron chi connectivity index (χ3n) is 4.48. The molecule has 1 amide bonds. The minimum atomic E-state index is -0.498. The number of amides is 1. The largest absolute Gasteiger partial charge is 0.444 e. The molecule has 0 spiro atoms. The van der Waals surface area contributed by atoms with Crippen LogP contribution in [0, 0.1) is 0 Å². The molecule has 1 saturated heterocycles. The van der Waals surface area contributed by atoms with Gasteiger partial charge in [0.1, 0.15) is 11.7 Å². The Morgan fingerprint density at radius 1 is 1.43 bits per heavy atom. The van der Waals surface area contributed by atoms with Crippen LogP contribution in [0.3, 0.4) is 0 Å². The van der Waals surface area contributed by atoms with Crippen LogP contribution >= 0.6 is 24.0 Å². The molecular weight excluding hydrogens is 499 g/mol. The second-order valence-corrected chi connectivity index (χ2v) is 8.19. The van der Waals surface area contributed by atoms with Crippen molar-refractivity contribution in [3.8, 4) is 0 Å². The average Bonchev–Trinajstić information content (AvgIpc) is 3.09. The van der Waals surface area contributed by atoms with Gasteiger partial charge in [0.25, 0.3) is 0 Å². The minimum absolute atomic E-state index is 0. The lowest BCUT2D eigenvalue weighted by Gasteiger charge is -2.35. The molecule has 1 aliphatic heterocycles. The van der Waals surface area contributed by atoms with Crippen molar-refractivity contribution in [2.45, 2.75) is 45.8 Å². The molecule has 1 aromatic rings. The Morgan fingerprint density at radius 2 is 2.17 bits per heavy atom. The van der Waals surface area contributed by atoms with Crippen molar-refractivity contribution in [3.63, 3.8) is 0 Å². The van der Waals surface area contributed by atoms with E-state index in [1.54, 1.807) is 16.6 Å². The van der Waals surface area contributed by atoms with Crippen LogP contribution in [0.4, 0.5) is 4.79 Å². The van der Waals surface area contributed by atoms with Gasteiger partial charge in [-0.1, -0.05) is 6.92 Å². The summed E-state index contributed by atoms with van der Waals surface area (Å²) in [5, 5.41) is 7.61. The van der Waals surface area contributed by atoms with Crippen molar-refractivity contribution in [2.24, 2.45) is 12.0 Å². The zero-order valence-electron chi connectivity index (χ0n) is 19.1. The van der Waals surface area contributed by atoms with E-state index in [4.69, 9.17) is 9.47 Å². The summed E-state index contributed by atoms with van der Waals surface area (Å²) in [5.41, 5.74) is 0.563. The fourth-order valence-electron chi connectivity index (χ4n) is 3.18. The molecule has 30 heavy (non-hydrogen) atoms. The number of morpholine rings is 1. The fourth-order valence-corrected chi connectivity index (χ4v) is 3.18. The van der Waals surface area contributed by atoms with Crippen molar-refractivity contribution in [2.75, 3.05) is 46.4 Å². The number of aliphatic imine (C=N–C) groups is 1. The number of nitrogens with one attached hydrogen (secondary N) is 1. The normalized spacial score (nSPS) is 17.3. The second kappa shape index (κ2) is 12.3. The van der Waals surface area contributed by atoms with Gasteiger partial charge in [0.2, 0.25) is 0 Å². The van der Waals surface area contributed by atoms with Gasteiger partial charge in [-0.2, -0.15) is 5.10 Å². The van der Waals surface area contributed by atoms with Crippen LogP contribution in [0.25, 0.3) is 0 Å². The van der Waals surface area contributed by atoms with E-state index in [9.17, 15) is 4.79 Å². The third kappa shape index (κ3) is 8.29. The summed E-state index contributed by atoms with van der Waals surface area (Å²) in [6, 6.07) is 0. The van der Waals surface area contributed by atoms with Crippen LogP contribution in [0.5, 0.6) is 0 Å². The number of carbonyl (C=O) groups is 1. The van der Waals surface area contributed by atoms with Gasteiger partial charge in [0, 0.05) is 52.0 Å². The number of nitrogens with zero attached hydrogens (tertiary/aromatic N) is 5. The molecule has 1 atom stereocenters. The summed E-state index contributed by atoms with van der Waals surface area (Å²) in [4.78, 5) is 20.7. The molecule has 9 nitrogen and oxygen atoms in total. The summed E-state index contributed by atoms with van der Waals surface area (Å²) in [7, 11) is 3.67. The first kappa shape index (κ1) is 26.5. The number of ether oxygens (including phenoxy) is 2. The Balaban J connectivity index is 0.00000450. The highest BCUT2D eigenvalue weighted by molar-refractivity contribution is 14.0. The maximum Gasteiger partial charge on any atom is 0.410 e. The Labute approximate surface area is 197 Å². The van der Waals surface area contributed by atoms with Crippen molar-refractivity contribution < 1.29 is 14.3 Å². The van der Waals surface area contributed by atoms with Crippen LogP contribution in [0.15, 0.2) is 17.4 Å². The highest BCUT2D eigenvalue weighted by Crippen LogP contribution is 2.21. The molecule has 0 aliphatic carbocycles. The molecule has 1 aliphatic rings. The predicted octanol–water partition coefficient (Wildman–Crippen LogP) is 2.63. The number of carbonyl (C=O) groups excluding carboxylic acids is 1. The van der Waals surface area contributed by atoms with Gasteiger partial charge >= 0.3 is 6.09 Å². The number of aromatic nitrogens is 2. The monoisotopic (exact) mass is 536 g/mol. The van der Waals surface area contributed by atoms with E-state index in [0.717, 1.165) is 24.5 Å². The summed E-state index contributed by atoms with van der Waals surface area (Å²) in [5.74, 6) is 0.808. The zero-order chi connectivity index (χ0) is 21.4. The molecule has 0 aromatic carbocycles. The van der Waals surface area contributed by atoms with Crippen molar-refractivity contribution >= 4 is 36.0 Å². The van der Waals surface area contributed by atoms with Gasteiger partial charge in [0.15, 0.2) is 5.96 Å². The minimum Gasteiger partial charge on any atom is -0.444 e. The topological polar surface area (TPSA) is 84.2 Å². The van der Waals surface area contributed by atoms with Crippen LogP contribution in [0.2, 0.25) is 0 Å². The molecule has 0 saturated carbocycles. The molecule has 1 N–H and O–H groups in total. The van der Waals surface area contributed by atoms with Crippen molar-refractivity contribution in [3.05, 3.63) is 18.0 Å². The second-order valence-electron chi connectivity index (χ2n) is 8.19. The smallest absolute Gasteiger partial charge is 0.410 e. The number of aryl methyl sites for hydroxylation is 1. The summed E-state index contributed by atoms with van der Waals surface area (Å²) in [6.45, 7) is 11.6. The standard InChI is InChI=1S/C20H36N6O3.HI/c1-7-9-25(19(27)29-20(2,3)4)10-8-22-18(21-5)26-11-12-28-17(15-26)16-13-23-24(6)14-16;/h13-14,17H,7-12,15H2,1-6H3,(H,21,22);1H. The Morgan fingerprint density at radius 3 is 2.73 bits per heavy atom. The van der Waals surface area contributed by atoms with Gasteiger partial charge in [0.05, 0.1) is 19.3 Å². The van der Waals surface area contributed by atoms with Crippen LogP contribution in [-0.2, 0) is 16.5 Å². The first-order chi connectivity index (χ1) is 13.7. The highest BCUT2D eigenvalue weighted by Gasteiger charge is 2.26. The van der Waals surface area contributed by atoms with Crippen LogP contribution < -0.4 is 5.32 Å². The predicted molar refractivity (Wildman–Crippen MR) is 128 cm³/mol. The maximum absolute atomic E-state index is 12.4. The lowest BCUT2D eigenvalue weighted by atomic mass is 10.1. The molecular formula is C20H37IN6O3. The molecule has 1 aromatic heterocycles. The van der Waals surface area contributed by atoms with Crippen LogP contribution in [-0.4, -0.2) is 83.6 Å². The molecule has 1 fully saturated rings. The number of hydrogen-bond acceptors (Lipinski definition) is 5. The fraction of sp³-hybridized carbons (Fsp3) is 0.750. The van der Waals surface area contributed by atoms with Gasteiger partial charge < -0.3 is 24.6 Å². The van der Waals surface area contributed by atoms with Crippen LogP contribution in [0.1, 0.15) is 45.8 Å². The molecule has 0 radical (unpaired) electrons. The van der Waals surface area contributed by atoms with E-state index in [2.05, 4.69) is 27.2 Å². The van der Waals surface area contributed by atoms with E-state index in [1.807, 2.05) is 40.2 Å². The lowest BCUT2D eigenvalue weighted by Crippen LogP contribution is -2.50. The molecule has 172 valence electrons. The average molecular weight is 536 g/mol. The maximum atomic E-state index is 12.4. The first-order valence-electron chi connectivity index (χ1n) is 10.3. The molecule has 2 heterocycles. The molecule has 0 bridgehead atoms. The number of hydrogen-bond donors (Lipinski definition) is 1. The Kier molecular flexibility index (Phi) is 10.9. The van der Waals surface area contributed by atoms with Gasteiger partial charge in [-0.15, -0.1) is 24.0 Å². The number of guanidine groups is 1.